The van der Waals surface area contributed by atoms with Crippen molar-refractivity contribution in [1.82, 2.24) is 10.2 Å². The van der Waals surface area contributed by atoms with E-state index in [0.717, 1.165) is 0 Å². The molecule has 0 bridgehead atoms. The third kappa shape index (κ3) is 5.36. The number of nitrogens with one attached hydrogen (secondary N) is 1. The van der Waals surface area contributed by atoms with Crippen LogP contribution in [-0.4, -0.2) is 37.6 Å². The van der Waals surface area contributed by atoms with E-state index in [1.54, 1.807) is 12.0 Å². The Bertz CT molecular complexity index is 194. The molecule has 0 saturated carbocycles. The van der Waals surface area contributed by atoms with Gasteiger partial charge in [0.15, 0.2) is 11.2 Å². The van der Waals surface area contributed by atoms with Crippen LogP contribution in [0.3, 0.4) is 0 Å². The van der Waals surface area contributed by atoms with Gasteiger partial charge in [0.1, 0.15) is 0 Å². The number of methoxy groups -OCH3 is 1. The van der Waals surface area contributed by atoms with Gasteiger partial charge in [0.05, 0.1) is 13.8 Å². The minimum atomic E-state index is 0.471. The molecular weight excluding hydrogens is 190 g/mol. The summed E-state index contributed by atoms with van der Waals surface area (Å²) in [5.41, 5.74) is 0. The van der Waals surface area contributed by atoms with Crippen LogP contribution >= 0.6 is 11.6 Å². The largest absolute Gasteiger partial charge is 0.483 e. The lowest BCUT2D eigenvalue weighted by molar-refractivity contribution is 0.251. The summed E-state index contributed by atoms with van der Waals surface area (Å²) < 4.78 is 4.83. The Morgan fingerprint density at radius 1 is 1.69 bits per heavy atom. The van der Waals surface area contributed by atoms with Crippen LogP contribution in [-0.2, 0) is 4.74 Å². The molecule has 0 aromatic heterocycles. The number of hydrogen-bond donors (Lipinski definition) is 1. The van der Waals surface area contributed by atoms with Gasteiger partial charge in [-0.15, -0.1) is 0 Å². The molecule has 0 aromatic rings. The number of aliphatic imine (C=N–C) groups is 1. The fourth-order valence-electron chi connectivity index (χ4n) is 0.595. The topological polar surface area (TPSA) is 36.9 Å². The monoisotopic (exact) mass is 205 g/mol. The van der Waals surface area contributed by atoms with Crippen LogP contribution in [0.5, 0.6) is 0 Å². The second kappa shape index (κ2) is 6.60. The highest BCUT2D eigenvalue weighted by molar-refractivity contribution is 6.64. The Morgan fingerprint density at radius 3 is 2.77 bits per heavy atom. The van der Waals surface area contributed by atoms with Crippen molar-refractivity contribution in [3.05, 3.63) is 12.5 Å². The molecule has 13 heavy (non-hydrogen) atoms. The van der Waals surface area contributed by atoms with Crippen molar-refractivity contribution in [2.24, 2.45) is 4.99 Å². The van der Waals surface area contributed by atoms with Gasteiger partial charge in [0, 0.05) is 13.6 Å². The molecule has 0 rings (SSSR count). The second-order valence-corrected chi connectivity index (χ2v) is 2.74. The lowest BCUT2D eigenvalue weighted by atomic mass is 10.7. The van der Waals surface area contributed by atoms with E-state index in [1.165, 1.54) is 0 Å². The van der Waals surface area contributed by atoms with E-state index >= 15 is 0 Å². The number of hydrogen-bond acceptors (Lipinski definition) is 3. The van der Waals surface area contributed by atoms with Crippen LogP contribution in [0.2, 0.25) is 0 Å². The summed E-state index contributed by atoms with van der Waals surface area (Å²) in [6, 6.07) is 0. The van der Waals surface area contributed by atoms with E-state index in [0.29, 0.717) is 24.4 Å². The van der Waals surface area contributed by atoms with Crippen LogP contribution in [0, 0.1) is 0 Å². The summed E-state index contributed by atoms with van der Waals surface area (Å²) in [6.07, 6.45) is 0. The molecule has 5 heteroatoms. The molecule has 0 aliphatic carbocycles. The summed E-state index contributed by atoms with van der Waals surface area (Å²) in [5.74, 6) is 0.507. The Labute approximate surface area is 84.2 Å². The quantitative estimate of drug-likeness (QED) is 0.241. The highest BCUT2D eigenvalue weighted by Crippen LogP contribution is 1.93. The SMILES string of the molecule is C=C(NCN(C)/C(Cl)=N\CC)OC. The summed E-state index contributed by atoms with van der Waals surface area (Å²) >= 11 is 5.82. The number of nitrogens with zero attached hydrogens (tertiary/aromatic N) is 2. The predicted molar refractivity (Wildman–Crippen MR) is 55.7 cm³/mol. The van der Waals surface area contributed by atoms with Gasteiger partial charge in [0.25, 0.3) is 0 Å². The highest BCUT2D eigenvalue weighted by atomic mass is 35.5. The smallest absolute Gasteiger partial charge is 0.195 e. The molecular formula is C8H16ClN3O. The van der Waals surface area contributed by atoms with Crippen molar-refractivity contribution in [2.75, 3.05) is 27.4 Å². The molecule has 0 aromatic carbocycles. The van der Waals surface area contributed by atoms with E-state index in [-0.39, 0.29) is 0 Å². The molecule has 0 amide bonds. The first-order chi connectivity index (χ1) is 6.11. The van der Waals surface area contributed by atoms with Gasteiger partial charge in [-0.2, -0.15) is 0 Å². The van der Waals surface area contributed by atoms with Gasteiger partial charge >= 0.3 is 0 Å². The first-order valence-corrected chi connectivity index (χ1v) is 4.37. The normalized spacial score (nSPS) is 10.9. The van der Waals surface area contributed by atoms with Gasteiger partial charge in [-0.25, -0.2) is 0 Å². The zero-order valence-electron chi connectivity index (χ0n) is 8.30. The van der Waals surface area contributed by atoms with Crippen molar-refractivity contribution in [1.29, 1.82) is 0 Å². The van der Waals surface area contributed by atoms with E-state index in [4.69, 9.17) is 16.3 Å². The molecule has 0 fully saturated rings. The lowest BCUT2D eigenvalue weighted by Gasteiger charge is -2.18. The summed E-state index contributed by atoms with van der Waals surface area (Å²) in [7, 11) is 3.38. The Hall–Kier alpha value is -0.900. The number of amidine groups is 1. The average molecular weight is 206 g/mol. The van der Waals surface area contributed by atoms with Gasteiger partial charge in [-0.1, -0.05) is 0 Å². The zero-order valence-corrected chi connectivity index (χ0v) is 9.06. The van der Waals surface area contributed by atoms with Gasteiger partial charge in [-0.3, -0.25) is 4.99 Å². The third-order valence-corrected chi connectivity index (χ3v) is 1.77. The molecule has 0 unspecified atom stereocenters. The molecule has 0 saturated heterocycles. The van der Waals surface area contributed by atoms with Gasteiger partial charge < -0.3 is 15.0 Å². The maximum Gasteiger partial charge on any atom is 0.195 e. The zero-order chi connectivity index (χ0) is 10.3. The Kier molecular flexibility index (Phi) is 6.14. The fraction of sp³-hybridized carbons (Fsp3) is 0.625. The minimum absolute atomic E-state index is 0.471. The molecule has 0 atom stereocenters. The molecule has 76 valence electrons. The standard InChI is InChI=1S/C8H16ClN3O/c1-5-10-8(9)12(3)6-11-7(2)13-4/h11H,2,5-6H2,1,3-4H3/b10-8-. The molecule has 0 aliphatic rings. The Morgan fingerprint density at radius 2 is 2.31 bits per heavy atom. The lowest BCUT2D eigenvalue weighted by Crippen LogP contribution is -2.33. The number of rotatable bonds is 5. The molecule has 4 nitrogen and oxygen atoms in total. The van der Waals surface area contributed by atoms with Crippen LogP contribution in [0.1, 0.15) is 6.92 Å². The summed E-state index contributed by atoms with van der Waals surface area (Å²) in [5, 5.41) is 3.39. The van der Waals surface area contributed by atoms with Crippen LogP contribution in [0.25, 0.3) is 0 Å². The molecule has 1 N–H and O–H groups in total. The fourth-order valence-corrected chi connectivity index (χ4v) is 0.775. The number of ether oxygens (including phenoxy) is 1. The number of halogens is 1. The van der Waals surface area contributed by atoms with Crippen LogP contribution in [0.15, 0.2) is 17.5 Å². The van der Waals surface area contributed by atoms with Gasteiger partial charge in [0.2, 0.25) is 0 Å². The molecule has 0 radical (unpaired) electrons. The van der Waals surface area contributed by atoms with Crippen molar-refractivity contribution in [3.8, 4) is 0 Å². The third-order valence-electron chi connectivity index (χ3n) is 1.36. The maximum absolute atomic E-state index is 5.82. The van der Waals surface area contributed by atoms with Crippen LogP contribution < -0.4 is 5.32 Å². The maximum atomic E-state index is 5.82. The van der Waals surface area contributed by atoms with Crippen molar-refractivity contribution in [3.63, 3.8) is 0 Å². The second-order valence-electron chi connectivity index (χ2n) is 2.40. The van der Waals surface area contributed by atoms with E-state index in [9.17, 15) is 0 Å². The van der Waals surface area contributed by atoms with E-state index < -0.39 is 0 Å². The molecule has 0 heterocycles. The predicted octanol–water partition coefficient (Wildman–Crippen LogP) is 1.20. The summed E-state index contributed by atoms with van der Waals surface area (Å²) in [4.78, 5) is 5.78. The van der Waals surface area contributed by atoms with Crippen molar-refractivity contribution < 1.29 is 4.74 Å². The van der Waals surface area contributed by atoms with Gasteiger partial charge in [-0.05, 0) is 25.1 Å². The molecule has 0 aliphatic heterocycles. The summed E-state index contributed by atoms with van der Waals surface area (Å²) in [6.45, 7) is 6.73. The first-order valence-electron chi connectivity index (χ1n) is 3.99. The molecule has 0 spiro atoms. The van der Waals surface area contributed by atoms with Crippen molar-refractivity contribution >= 4 is 16.9 Å². The Balaban J connectivity index is 3.80. The van der Waals surface area contributed by atoms with Crippen molar-refractivity contribution in [2.45, 2.75) is 6.92 Å². The van der Waals surface area contributed by atoms with Crippen LogP contribution in [0.4, 0.5) is 0 Å². The minimum Gasteiger partial charge on any atom is -0.483 e. The average Bonchev–Trinajstić information content (AvgIpc) is 2.13. The van der Waals surface area contributed by atoms with E-state index in [1.807, 2.05) is 14.0 Å². The highest BCUT2D eigenvalue weighted by Gasteiger charge is 2.01. The van der Waals surface area contributed by atoms with E-state index in [2.05, 4.69) is 16.9 Å². The first kappa shape index (κ1) is 12.1.